The average Bonchev–Trinajstić information content (AvgIpc) is 2.48. The molecular formula is C15H23N3O3. The Labute approximate surface area is 125 Å². The molecule has 0 radical (unpaired) electrons. The van der Waals surface area contributed by atoms with E-state index in [1.807, 2.05) is 13.1 Å². The molecule has 3 N–H and O–H groups in total. The molecule has 0 bridgehead atoms. The van der Waals surface area contributed by atoms with Crippen LogP contribution in [-0.4, -0.2) is 55.7 Å². The Kier molecular flexibility index (Phi) is 7.25. The molecule has 0 saturated carbocycles. The van der Waals surface area contributed by atoms with Gasteiger partial charge in [0.05, 0.1) is 5.92 Å². The highest BCUT2D eigenvalue weighted by Crippen LogP contribution is 2.14. The second kappa shape index (κ2) is 8.97. The summed E-state index contributed by atoms with van der Waals surface area (Å²) in [7, 11) is 3.56. The van der Waals surface area contributed by atoms with Crippen molar-refractivity contribution in [1.82, 2.24) is 15.5 Å². The quantitative estimate of drug-likeness (QED) is 0.627. The van der Waals surface area contributed by atoms with Crippen molar-refractivity contribution >= 4 is 12.0 Å². The Bertz CT molecular complexity index is 451. The van der Waals surface area contributed by atoms with Gasteiger partial charge in [-0.15, -0.1) is 0 Å². The third-order valence-electron chi connectivity index (χ3n) is 3.22. The molecule has 1 rings (SSSR count). The van der Waals surface area contributed by atoms with Gasteiger partial charge in [0, 0.05) is 20.1 Å². The first-order valence-electron chi connectivity index (χ1n) is 6.97. The predicted molar refractivity (Wildman–Crippen MR) is 81.4 cm³/mol. The third kappa shape index (κ3) is 5.83. The molecule has 21 heavy (non-hydrogen) atoms. The number of nitrogens with zero attached hydrogens (tertiary/aromatic N) is 1. The fourth-order valence-corrected chi connectivity index (χ4v) is 1.95. The number of rotatable bonds is 8. The number of carboxylic acid groups (broad SMARTS) is 1. The number of hydrogen-bond donors (Lipinski definition) is 3. The Morgan fingerprint density at radius 1 is 1.29 bits per heavy atom. The standard InChI is InChI=1S/C15H23N3O3/c1-16-9-6-10-18(2)15(21)17-11-13(14(19)20)12-7-4-3-5-8-12/h3-5,7-8,13,16H,6,9-11H2,1-2H3,(H,17,21)(H,19,20). The van der Waals surface area contributed by atoms with Crippen LogP contribution < -0.4 is 10.6 Å². The number of aliphatic carboxylic acids is 1. The molecule has 0 fully saturated rings. The minimum Gasteiger partial charge on any atom is -0.481 e. The molecular weight excluding hydrogens is 270 g/mol. The van der Waals surface area contributed by atoms with Crippen LogP contribution in [0, 0.1) is 0 Å². The van der Waals surface area contributed by atoms with Crippen LogP contribution in [0.15, 0.2) is 30.3 Å². The molecule has 0 aromatic heterocycles. The monoisotopic (exact) mass is 293 g/mol. The number of hydrogen-bond acceptors (Lipinski definition) is 3. The number of carboxylic acids is 1. The van der Waals surface area contributed by atoms with Gasteiger partial charge in [0.25, 0.3) is 0 Å². The van der Waals surface area contributed by atoms with Crippen LogP contribution in [0.3, 0.4) is 0 Å². The molecule has 1 unspecified atom stereocenters. The Morgan fingerprint density at radius 2 is 1.95 bits per heavy atom. The lowest BCUT2D eigenvalue weighted by Crippen LogP contribution is -2.41. The smallest absolute Gasteiger partial charge is 0.317 e. The lowest BCUT2D eigenvalue weighted by molar-refractivity contribution is -0.138. The summed E-state index contributed by atoms with van der Waals surface area (Å²) in [5, 5.41) is 15.0. The van der Waals surface area contributed by atoms with Gasteiger partial charge in [0.15, 0.2) is 0 Å². The van der Waals surface area contributed by atoms with Crippen molar-refractivity contribution in [1.29, 1.82) is 0 Å². The maximum atomic E-state index is 11.9. The normalized spacial score (nSPS) is 11.7. The van der Waals surface area contributed by atoms with Gasteiger partial charge in [-0.2, -0.15) is 0 Å². The zero-order chi connectivity index (χ0) is 15.7. The number of amides is 2. The molecule has 0 spiro atoms. The second-order valence-electron chi connectivity index (χ2n) is 4.87. The van der Waals surface area contributed by atoms with Gasteiger partial charge in [0.1, 0.15) is 0 Å². The number of nitrogens with one attached hydrogen (secondary N) is 2. The fourth-order valence-electron chi connectivity index (χ4n) is 1.95. The average molecular weight is 293 g/mol. The van der Waals surface area contributed by atoms with Crippen molar-refractivity contribution in [3.63, 3.8) is 0 Å². The van der Waals surface area contributed by atoms with E-state index < -0.39 is 11.9 Å². The highest BCUT2D eigenvalue weighted by molar-refractivity contribution is 5.79. The van der Waals surface area contributed by atoms with Crippen molar-refractivity contribution in [2.24, 2.45) is 0 Å². The van der Waals surface area contributed by atoms with Crippen molar-refractivity contribution in [2.75, 3.05) is 33.7 Å². The predicted octanol–water partition coefficient (Wildman–Crippen LogP) is 1.11. The largest absolute Gasteiger partial charge is 0.481 e. The summed E-state index contributed by atoms with van der Waals surface area (Å²) in [6.45, 7) is 1.53. The summed E-state index contributed by atoms with van der Waals surface area (Å²) in [5.41, 5.74) is 0.683. The maximum Gasteiger partial charge on any atom is 0.317 e. The van der Waals surface area contributed by atoms with Gasteiger partial charge in [-0.05, 0) is 25.6 Å². The summed E-state index contributed by atoms with van der Waals surface area (Å²) in [4.78, 5) is 24.8. The molecule has 1 aromatic carbocycles. The van der Waals surface area contributed by atoms with Crippen LogP contribution in [0.5, 0.6) is 0 Å². The van der Waals surface area contributed by atoms with Gasteiger partial charge in [-0.1, -0.05) is 30.3 Å². The van der Waals surface area contributed by atoms with Crippen LogP contribution in [0.1, 0.15) is 17.9 Å². The molecule has 0 aliphatic carbocycles. The van der Waals surface area contributed by atoms with Gasteiger partial charge in [-0.3, -0.25) is 4.79 Å². The summed E-state index contributed by atoms with van der Waals surface area (Å²) in [6.07, 6.45) is 0.849. The molecule has 6 nitrogen and oxygen atoms in total. The second-order valence-corrected chi connectivity index (χ2v) is 4.87. The van der Waals surface area contributed by atoms with E-state index >= 15 is 0 Å². The number of benzene rings is 1. The molecule has 0 saturated heterocycles. The Morgan fingerprint density at radius 3 is 2.52 bits per heavy atom. The van der Waals surface area contributed by atoms with E-state index in [4.69, 9.17) is 0 Å². The lowest BCUT2D eigenvalue weighted by atomic mass is 9.99. The molecule has 116 valence electrons. The van der Waals surface area contributed by atoms with Gasteiger partial charge >= 0.3 is 12.0 Å². The van der Waals surface area contributed by atoms with E-state index in [0.29, 0.717) is 12.1 Å². The highest BCUT2D eigenvalue weighted by Gasteiger charge is 2.21. The number of urea groups is 1. The third-order valence-corrected chi connectivity index (χ3v) is 3.22. The van der Waals surface area contributed by atoms with Crippen molar-refractivity contribution in [3.05, 3.63) is 35.9 Å². The Hall–Kier alpha value is -2.08. The van der Waals surface area contributed by atoms with Gasteiger partial charge < -0.3 is 20.6 Å². The maximum absolute atomic E-state index is 11.9. The molecule has 6 heteroatoms. The zero-order valence-electron chi connectivity index (χ0n) is 12.5. The van der Waals surface area contributed by atoms with Crippen LogP contribution in [0.4, 0.5) is 4.79 Å². The van der Waals surface area contributed by atoms with Crippen molar-refractivity contribution in [2.45, 2.75) is 12.3 Å². The van der Waals surface area contributed by atoms with Crippen LogP contribution in [-0.2, 0) is 4.79 Å². The number of carbonyl (C=O) groups is 2. The SMILES string of the molecule is CNCCCN(C)C(=O)NCC(C(=O)O)c1ccccc1. The molecule has 1 aromatic rings. The molecule has 0 heterocycles. The van der Waals surface area contributed by atoms with E-state index in [-0.39, 0.29) is 12.6 Å². The van der Waals surface area contributed by atoms with Crippen LogP contribution in [0.2, 0.25) is 0 Å². The topological polar surface area (TPSA) is 81.7 Å². The first-order valence-corrected chi connectivity index (χ1v) is 6.97. The molecule has 0 aliphatic heterocycles. The first kappa shape index (κ1) is 17.0. The first-order chi connectivity index (χ1) is 10.1. The van der Waals surface area contributed by atoms with Crippen molar-refractivity contribution in [3.8, 4) is 0 Å². The Balaban J connectivity index is 2.50. The molecule has 2 amide bonds. The molecule has 0 aliphatic rings. The van der Waals surface area contributed by atoms with E-state index in [2.05, 4.69) is 10.6 Å². The zero-order valence-corrected chi connectivity index (χ0v) is 12.5. The number of carbonyl (C=O) groups excluding carboxylic acids is 1. The van der Waals surface area contributed by atoms with Crippen LogP contribution in [0.25, 0.3) is 0 Å². The van der Waals surface area contributed by atoms with Gasteiger partial charge in [0.2, 0.25) is 0 Å². The van der Waals surface area contributed by atoms with Crippen molar-refractivity contribution < 1.29 is 14.7 Å². The fraction of sp³-hybridized carbons (Fsp3) is 0.467. The minimum atomic E-state index is -0.945. The summed E-state index contributed by atoms with van der Waals surface area (Å²) in [5.74, 6) is -1.68. The summed E-state index contributed by atoms with van der Waals surface area (Å²) < 4.78 is 0. The van der Waals surface area contributed by atoms with Crippen LogP contribution >= 0.6 is 0 Å². The van der Waals surface area contributed by atoms with E-state index in [1.165, 1.54) is 0 Å². The van der Waals surface area contributed by atoms with Gasteiger partial charge in [-0.25, -0.2) is 4.79 Å². The summed E-state index contributed by atoms with van der Waals surface area (Å²) >= 11 is 0. The van der Waals surface area contributed by atoms with E-state index in [1.54, 1.807) is 36.2 Å². The minimum absolute atomic E-state index is 0.0779. The highest BCUT2D eigenvalue weighted by atomic mass is 16.4. The molecule has 1 atom stereocenters. The van der Waals surface area contributed by atoms with E-state index in [0.717, 1.165) is 13.0 Å². The summed E-state index contributed by atoms with van der Waals surface area (Å²) in [6, 6.07) is 8.65. The lowest BCUT2D eigenvalue weighted by Gasteiger charge is -2.20. The van der Waals surface area contributed by atoms with E-state index in [9.17, 15) is 14.7 Å².